The molecule has 0 fully saturated rings. The molecule has 0 aromatic carbocycles. The molecule has 0 saturated heterocycles. The van der Waals surface area contributed by atoms with Gasteiger partial charge in [-0.15, -0.1) is 0 Å². The minimum Gasteiger partial charge on any atom is -0.547 e. The Labute approximate surface area is 90.7 Å². The van der Waals surface area contributed by atoms with Crippen LogP contribution in [0.25, 0.3) is 0 Å². The van der Waals surface area contributed by atoms with Crippen molar-refractivity contribution in [2.24, 2.45) is 0 Å². The van der Waals surface area contributed by atoms with E-state index in [-0.39, 0.29) is 0 Å². The van der Waals surface area contributed by atoms with E-state index in [1.54, 1.807) is 0 Å². The fourth-order valence-corrected chi connectivity index (χ4v) is 2.16. The Morgan fingerprint density at radius 3 is 2.07 bits per heavy atom. The summed E-state index contributed by atoms with van der Waals surface area (Å²) in [6.07, 6.45) is 4.35. The fourth-order valence-electron chi connectivity index (χ4n) is 0.982. The van der Waals surface area contributed by atoms with Gasteiger partial charge in [0.05, 0.1) is 5.76 Å². The molecule has 0 unspecified atom stereocenters. The van der Waals surface area contributed by atoms with Crippen LogP contribution in [0.1, 0.15) is 47.5 Å². The van der Waals surface area contributed by atoms with Crippen LogP contribution < -0.4 is 0 Å². The third-order valence-electron chi connectivity index (χ3n) is 3.01. The Kier molecular flexibility index (Phi) is 4.92. The van der Waals surface area contributed by atoms with Crippen LogP contribution in [-0.2, 0) is 4.43 Å². The molecule has 1 nitrogen and oxygen atoms in total. The van der Waals surface area contributed by atoms with Crippen LogP contribution in [0, 0.1) is 0 Å². The van der Waals surface area contributed by atoms with Gasteiger partial charge in [0.2, 0.25) is 8.32 Å². The van der Waals surface area contributed by atoms with Crippen LogP contribution in [0.15, 0.2) is 11.8 Å². The zero-order valence-electron chi connectivity index (χ0n) is 10.9. The summed E-state index contributed by atoms with van der Waals surface area (Å²) in [5, 5.41) is 0.301. The summed E-state index contributed by atoms with van der Waals surface area (Å²) in [4.78, 5) is 0. The van der Waals surface area contributed by atoms with Crippen LogP contribution in [-0.4, -0.2) is 8.32 Å². The molecule has 14 heavy (non-hydrogen) atoms. The topological polar surface area (TPSA) is 9.23 Å². The lowest BCUT2D eigenvalue weighted by Gasteiger charge is -2.37. The van der Waals surface area contributed by atoms with Gasteiger partial charge in [-0.05, 0) is 31.5 Å². The van der Waals surface area contributed by atoms with Crippen molar-refractivity contribution in [3.63, 3.8) is 0 Å². The molecule has 0 aliphatic rings. The van der Waals surface area contributed by atoms with E-state index in [1.807, 2.05) is 0 Å². The van der Waals surface area contributed by atoms with E-state index < -0.39 is 8.32 Å². The zero-order chi connectivity index (χ0) is 11.4. The average molecular weight is 214 g/mol. The maximum absolute atomic E-state index is 6.19. The quantitative estimate of drug-likeness (QED) is 0.486. The van der Waals surface area contributed by atoms with Gasteiger partial charge in [0.25, 0.3) is 0 Å². The molecule has 2 heteroatoms. The molecule has 0 aliphatic carbocycles. The van der Waals surface area contributed by atoms with Crippen molar-refractivity contribution in [1.82, 2.24) is 0 Å². The molecule has 0 aromatic heterocycles. The van der Waals surface area contributed by atoms with Crippen molar-refractivity contribution in [1.29, 1.82) is 0 Å². The van der Waals surface area contributed by atoms with E-state index in [0.717, 1.165) is 12.8 Å². The summed E-state index contributed by atoms with van der Waals surface area (Å²) in [6, 6.07) is 0. The third-order valence-corrected chi connectivity index (χ3v) is 7.40. The Morgan fingerprint density at radius 2 is 1.79 bits per heavy atom. The van der Waals surface area contributed by atoms with E-state index in [4.69, 9.17) is 4.43 Å². The van der Waals surface area contributed by atoms with Gasteiger partial charge in [0.15, 0.2) is 0 Å². The summed E-state index contributed by atoms with van der Waals surface area (Å²) in [5.41, 5.74) is 0. The summed E-state index contributed by atoms with van der Waals surface area (Å²) < 4.78 is 6.19. The molecular formula is C12H26OSi. The normalized spacial score (nSPS) is 14.4. The largest absolute Gasteiger partial charge is 0.547 e. The monoisotopic (exact) mass is 214 g/mol. The van der Waals surface area contributed by atoms with Crippen molar-refractivity contribution < 1.29 is 4.43 Å². The Bertz CT molecular complexity index is 199. The molecule has 0 saturated carbocycles. The maximum Gasteiger partial charge on any atom is 0.250 e. The second kappa shape index (κ2) is 5.01. The van der Waals surface area contributed by atoms with Crippen molar-refractivity contribution in [2.75, 3.05) is 0 Å². The van der Waals surface area contributed by atoms with Crippen LogP contribution in [0.4, 0.5) is 0 Å². The van der Waals surface area contributed by atoms with Crippen molar-refractivity contribution in [2.45, 2.75) is 65.6 Å². The second-order valence-electron chi connectivity index (χ2n) is 5.37. The van der Waals surface area contributed by atoms with E-state index in [1.165, 1.54) is 5.76 Å². The lowest BCUT2D eigenvalue weighted by molar-refractivity contribution is 0.364. The maximum atomic E-state index is 6.19. The van der Waals surface area contributed by atoms with Gasteiger partial charge < -0.3 is 4.43 Å². The lowest BCUT2D eigenvalue weighted by Crippen LogP contribution is -2.40. The highest BCUT2D eigenvalue weighted by atomic mass is 28.4. The standard InChI is InChI=1S/C12H26OSi/c1-8-10-11(9-2)13-14(6,7)12(3,4)5/h9H,8,10H2,1-7H3/b11-9-. The minimum atomic E-state index is -1.59. The lowest BCUT2D eigenvalue weighted by atomic mass is 10.2. The van der Waals surface area contributed by atoms with E-state index >= 15 is 0 Å². The molecule has 0 amide bonds. The first-order valence-corrected chi connectivity index (χ1v) is 8.49. The zero-order valence-corrected chi connectivity index (χ0v) is 11.9. The Morgan fingerprint density at radius 1 is 1.29 bits per heavy atom. The highest BCUT2D eigenvalue weighted by Gasteiger charge is 2.39. The number of hydrogen-bond acceptors (Lipinski definition) is 1. The van der Waals surface area contributed by atoms with Crippen LogP contribution >= 0.6 is 0 Å². The SMILES string of the molecule is C/C=C(/CCC)O[Si](C)(C)C(C)(C)C. The minimum absolute atomic E-state index is 0.301. The van der Waals surface area contributed by atoms with E-state index in [2.05, 4.69) is 53.8 Å². The van der Waals surface area contributed by atoms with E-state index in [9.17, 15) is 0 Å². The number of allylic oxidation sites excluding steroid dienone is 2. The summed E-state index contributed by atoms with van der Waals surface area (Å²) in [6.45, 7) is 15.7. The molecule has 0 heterocycles. The van der Waals surface area contributed by atoms with Crippen LogP contribution in [0.2, 0.25) is 18.1 Å². The average Bonchev–Trinajstić information content (AvgIpc) is 2.01. The number of hydrogen-bond donors (Lipinski definition) is 0. The van der Waals surface area contributed by atoms with Gasteiger partial charge in [-0.1, -0.05) is 33.8 Å². The molecular weight excluding hydrogens is 188 g/mol. The molecule has 0 spiro atoms. The van der Waals surface area contributed by atoms with Gasteiger partial charge >= 0.3 is 0 Å². The molecule has 84 valence electrons. The van der Waals surface area contributed by atoms with E-state index in [0.29, 0.717) is 5.04 Å². The first-order chi connectivity index (χ1) is 6.24. The summed E-state index contributed by atoms with van der Waals surface area (Å²) in [5.74, 6) is 1.18. The van der Waals surface area contributed by atoms with Crippen molar-refractivity contribution in [3.05, 3.63) is 11.8 Å². The molecule has 0 rings (SSSR count). The Hall–Kier alpha value is -0.243. The van der Waals surface area contributed by atoms with Crippen molar-refractivity contribution >= 4 is 8.32 Å². The Balaban J connectivity index is 4.49. The van der Waals surface area contributed by atoms with Crippen LogP contribution in [0.5, 0.6) is 0 Å². The second-order valence-corrected chi connectivity index (χ2v) is 10.1. The predicted molar refractivity (Wildman–Crippen MR) is 66.9 cm³/mol. The molecule has 0 aromatic rings. The van der Waals surface area contributed by atoms with Gasteiger partial charge in [-0.2, -0.15) is 0 Å². The fraction of sp³-hybridized carbons (Fsp3) is 0.833. The number of rotatable bonds is 4. The molecule has 0 atom stereocenters. The highest BCUT2D eigenvalue weighted by Crippen LogP contribution is 2.38. The first-order valence-electron chi connectivity index (χ1n) is 5.58. The van der Waals surface area contributed by atoms with Gasteiger partial charge in [0.1, 0.15) is 0 Å². The predicted octanol–water partition coefficient (Wildman–Crippen LogP) is 4.71. The highest BCUT2D eigenvalue weighted by molar-refractivity contribution is 6.74. The molecule has 0 bridgehead atoms. The van der Waals surface area contributed by atoms with Crippen LogP contribution in [0.3, 0.4) is 0 Å². The van der Waals surface area contributed by atoms with Crippen molar-refractivity contribution in [3.8, 4) is 0 Å². The summed E-state index contributed by atoms with van der Waals surface area (Å²) >= 11 is 0. The van der Waals surface area contributed by atoms with Gasteiger partial charge in [-0.3, -0.25) is 0 Å². The first kappa shape index (κ1) is 13.8. The summed E-state index contributed by atoms with van der Waals surface area (Å²) in [7, 11) is -1.59. The molecule has 0 N–H and O–H groups in total. The third kappa shape index (κ3) is 3.87. The molecule has 0 aliphatic heterocycles. The smallest absolute Gasteiger partial charge is 0.250 e. The van der Waals surface area contributed by atoms with Gasteiger partial charge in [-0.25, -0.2) is 0 Å². The molecule has 0 radical (unpaired) electrons. The van der Waals surface area contributed by atoms with Gasteiger partial charge in [0, 0.05) is 6.42 Å².